The third-order valence-electron chi connectivity index (χ3n) is 3.96. The highest BCUT2D eigenvalue weighted by Gasteiger charge is 2.29. The van der Waals surface area contributed by atoms with Gasteiger partial charge in [0, 0.05) is 13.0 Å². The highest BCUT2D eigenvalue weighted by molar-refractivity contribution is 7.89. The summed E-state index contributed by atoms with van der Waals surface area (Å²) in [7, 11) is -2.01. The van der Waals surface area contributed by atoms with Gasteiger partial charge >= 0.3 is 0 Å². The van der Waals surface area contributed by atoms with Crippen LogP contribution in [0.1, 0.15) is 30.9 Å². The lowest BCUT2D eigenvalue weighted by molar-refractivity contribution is -0.257. The Kier molecular flexibility index (Phi) is 5.67. The predicted octanol–water partition coefficient (Wildman–Crippen LogP) is 2.13. The third kappa shape index (κ3) is 4.44. The number of sulfonamides is 1. The second-order valence-electron chi connectivity index (χ2n) is 5.92. The van der Waals surface area contributed by atoms with Crippen molar-refractivity contribution in [3.63, 3.8) is 0 Å². The van der Waals surface area contributed by atoms with Crippen LogP contribution in [0.5, 0.6) is 5.75 Å². The van der Waals surface area contributed by atoms with Gasteiger partial charge in [0.25, 0.3) is 0 Å². The van der Waals surface area contributed by atoms with E-state index in [1.54, 1.807) is 26.2 Å². The van der Waals surface area contributed by atoms with Crippen LogP contribution in [0.15, 0.2) is 17.0 Å². The average Bonchev–Trinajstić information content (AvgIpc) is 2.49. The zero-order valence-electron chi connectivity index (χ0n) is 14.1. The Morgan fingerprint density at radius 1 is 1.22 bits per heavy atom. The van der Waals surface area contributed by atoms with Crippen LogP contribution in [-0.4, -0.2) is 41.1 Å². The lowest BCUT2D eigenvalue weighted by Crippen LogP contribution is -2.41. The summed E-state index contributed by atoms with van der Waals surface area (Å²) in [6, 6.07) is 3.37. The van der Waals surface area contributed by atoms with Crippen LogP contribution in [0.4, 0.5) is 0 Å². The van der Waals surface area contributed by atoms with Gasteiger partial charge in [0.1, 0.15) is 5.75 Å². The summed E-state index contributed by atoms with van der Waals surface area (Å²) in [4.78, 5) is 0.270. The van der Waals surface area contributed by atoms with E-state index in [4.69, 9.17) is 14.2 Å². The Hall–Kier alpha value is -1.15. The van der Waals surface area contributed by atoms with Crippen LogP contribution in [0, 0.1) is 13.8 Å². The maximum atomic E-state index is 12.5. The van der Waals surface area contributed by atoms with E-state index in [2.05, 4.69) is 4.72 Å². The molecule has 1 fully saturated rings. The lowest BCUT2D eigenvalue weighted by Gasteiger charge is -2.33. The molecule has 0 atom stereocenters. The van der Waals surface area contributed by atoms with E-state index in [-0.39, 0.29) is 11.4 Å². The third-order valence-corrected chi connectivity index (χ3v) is 5.56. The zero-order valence-corrected chi connectivity index (χ0v) is 15.0. The van der Waals surface area contributed by atoms with Crippen LogP contribution in [0.25, 0.3) is 0 Å². The van der Waals surface area contributed by atoms with Gasteiger partial charge < -0.3 is 14.2 Å². The number of hydrogen-bond acceptors (Lipinski definition) is 5. The molecule has 0 amide bonds. The zero-order chi connectivity index (χ0) is 17.1. The minimum absolute atomic E-state index is 0.253. The first-order valence-electron chi connectivity index (χ1n) is 7.70. The summed E-state index contributed by atoms with van der Waals surface area (Å²) in [5, 5.41) is 0. The minimum Gasteiger partial charge on any atom is -0.496 e. The lowest BCUT2D eigenvalue weighted by atomic mass is 10.1. The number of nitrogens with one attached hydrogen (secondary N) is 1. The van der Waals surface area contributed by atoms with Crippen LogP contribution in [0.2, 0.25) is 0 Å². The molecular weight excluding hydrogens is 318 g/mol. The standard InChI is InChI=1S/C16H25NO5S/c1-12-11-15(13(2)10-14(12)20-4)23(18,19)17-7-6-16(3)21-8-5-9-22-16/h10-11,17H,5-9H2,1-4H3. The first-order chi connectivity index (χ1) is 10.8. The second-order valence-corrected chi connectivity index (χ2v) is 7.65. The summed E-state index contributed by atoms with van der Waals surface area (Å²) >= 11 is 0. The fourth-order valence-electron chi connectivity index (χ4n) is 2.58. The minimum atomic E-state index is -3.58. The molecule has 1 aliphatic rings. The predicted molar refractivity (Wildman–Crippen MR) is 87.2 cm³/mol. The van der Waals surface area contributed by atoms with Crippen molar-refractivity contribution in [3.05, 3.63) is 23.3 Å². The van der Waals surface area contributed by atoms with Crippen molar-refractivity contribution in [3.8, 4) is 5.75 Å². The summed E-state index contributed by atoms with van der Waals surface area (Å²) in [5.41, 5.74) is 1.43. The Bertz CT molecular complexity index is 651. The summed E-state index contributed by atoms with van der Waals surface area (Å²) < 4.78 is 44.0. The molecule has 0 bridgehead atoms. The normalized spacial score (nSPS) is 17.9. The molecule has 1 N–H and O–H groups in total. The Morgan fingerprint density at radius 3 is 2.48 bits per heavy atom. The number of rotatable bonds is 6. The summed E-state index contributed by atoms with van der Waals surface area (Å²) in [6.07, 6.45) is 1.33. The molecule has 0 saturated carbocycles. The van der Waals surface area contributed by atoms with E-state index >= 15 is 0 Å². The Morgan fingerprint density at radius 2 is 1.87 bits per heavy atom. The fourth-order valence-corrected chi connectivity index (χ4v) is 3.92. The van der Waals surface area contributed by atoms with Crippen molar-refractivity contribution in [1.82, 2.24) is 4.72 Å². The van der Waals surface area contributed by atoms with Crippen LogP contribution < -0.4 is 9.46 Å². The number of aryl methyl sites for hydroxylation is 2. The first kappa shape index (κ1) is 18.2. The average molecular weight is 343 g/mol. The van der Waals surface area contributed by atoms with E-state index in [1.165, 1.54) is 0 Å². The molecule has 1 aromatic carbocycles. The van der Waals surface area contributed by atoms with Gasteiger partial charge in [0.05, 0.1) is 25.2 Å². The smallest absolute Gasteiger partial charge is 0.240 e. The quantitative estimate of drug-likeness (QED) is 0.856. The maximum absolute atomic E-state index is 12.5. The molecular formula is C16H25NO5S. The van der Waals surface area contributed by atoms with Crippen molar-refractivity contribution in [2.24, 2.45) is 0 Å². The van der Waals surface area contributed by atoms with Crippen molar-refractivity contribution >= 4 is 10.0 Å². The molecule has 0 aliphatic carbocycles. The number of hydrogen-bond donors (Lipinski definition) is 1. The van der Waals surface area contributed by atoms with Gasteiger partial charge in [0.2, 0.25) is 10.0 Å². The molecule has 0 spiro atoms. The second kappa shape index (κ2) is 7.17. The van der Waals surface area contributed by atoms with E-state index in [9.17, 15) is 8.42 Å². The number of benzene rings is 1. The summed E-state index contributed by atoms with van der Waals surface area (Å²) in [5.74, 6) is -0.0380. The topological polar surface area (TPSA) is 73.9 Å². The molecule has 23 heavy (non-hydrogen) atoms. The molecule has 1 aliphatic heterocycles. The molecule has 1 aromatic rings. The number of ether oxygens (including phenoxy) is 3. The molecule has 0 aromatic heterocycles. The molecule has 1 heterocycles. The van der Waals surface area contributed by atoms with Crippen LogP contribution >= 0.6 is 0 Å². The van der Waals surface area contributed by atoms with E-state index in [1.807, 2.05) is 13.8 Å². The highest BCUT2D eigenvalue weighted by atomic mass is 32.2. The van der Waals surface area contributed by atoms with Gasteiger partial charge in [-0.3, -0.25) is 0 Å². The van der Waals surface area contributed by atoms with E-state index < -0.39 is 15.8 Å². The van der Waals surface area contributed by atoms with Gasteiger partial charge in [-0.05, 0) is 50.5 Å². The largest absolute Gasteiger partial charge is 0.496 e. The van der Waals surface area contributed by atoms with Crippen LogP contribution in [0.3, 0.4) is 0 Å². The van der Waals surface area contributed by atoms with E-state index in [0.717, 1.165) is 12.0 Å². The van der Waals surface area contributed by atoms with Gasteiger partial charge in [-0.2, -0.15) is 0 Å². The Balaban J connectivity index is 2.06. The molecule has 130 valence electrons. The van der Waals surface area contributed by atoms with Crippen molar-refractivity contribution < 1.29 is 22.6 Å². The van der Waals surface area contributed by atoms with E-state index in [0.29, 0.717) is 30.9 Å². The van der Waals surface area contributed by atoms with Gasteiger partial charge in [-0.15, -0.1) is 0 Å². The molecule has 0 unspecified atom stereocenters. The SMILES string of the molecule is COc1cc(C)c(S(=O)(=O)NCCC2(C)OCCCO2)cc1C. The van der Waals surface area contributed by atoms with Gasteiger partial charge in [0.15, 0.2) is 5.79 Å². The van der Waals surface area contributed by atoms with Crippen molar-refractivity contribution in [2.45, 2.75) is 44.3 Å². The monoisotopic (exact) mass is 343 g/mol. The van der Waals surface area contributed by atoms with Crippen molar-refractivity contribution in [2.75, 3.05) is 26.9 Å². The van der Waals surface area contributed by atoms with Crippen LogP contribution in [-0.2, 0) is 19.5 Å². The first-order valence-corrected chi connectivity index (χ1v) is 9.18. The molecule has 0 radical (unpaired) electrons. The highest BCUT2D eigenvalue weighted by Crippen LogP contribution is 2.26. The molecule has 7 heteroatoms. The molecule has 1 saturated heterocycles. The maximum Gasteiger partial charge on any atom is 0.240 e. The van der Waals surface area contributed by atoms with Crippen molar-refractivity contribution in [1.29, 1.82) is 0 Å². The molecule has 6 nitrogen and oxygen atoms in total. The van der Waals surface area contributed by atoms with Gasteiger partial charge in [-0.1, -0.05) is 0 Å². The Labute approximate surface area is 138 Å². The van der Waals surface area contributed by atoms with Gasteiger partial charge in [-0.25, -0.2) is 13.1 Å². The molecule has 2 rings (SSSR count). The fraction of sp³-hybridized carbons (Fsp3) is 0.625. The summed E-state index contributed by atoms with van der Waals surface area (Å²) in [6.45, 7) is 6.94. The number of methoxy groups -OCH3 is 1.